The third kappa shape index (κ3) is 17.2. The van der Waals surface area contributed by atoms with Gasteiger partial charge < -0.3 is 109 Å². The molecule has 0 aliphatic carbocycles. The SMILES string of the molecule is CCCCCC/C=C\CCCOc1cccc(CN(C(C)=O)C2C(OC3C(CO)OC(OC4C(CO)OC(OC5C(COC)OC(O)C(NC(C)=O)C5O)C(NC(C)=O)C4O)C(NC(C)=O)C3O)OC(CO)C(O)C2O)c1. The molecule has 4 amide bonds. The first-order valence-electron chi connectivity index (χ1n) is 26.2. The van der Waals surface area contributed by atoms with E-state index >= 15 is 0 Å². The van der Waals surface area contributed by atoms with E-state index in [1.165, 1.54) is 38.2 Å². The maximum atomic E-state index is 13.6. The van der Waals surface area contributed by atoms with Crippen LogP contribution in [0.4, 0.5) is 0 Å². The second-order valence-corrected chi connectivity index (χ2v) is 19.7. The molecule has 26 nitrogen and oxygen atoms in total. The fourth-order valence-corrected chi connectivity index (χ4v) is 9.92. The van der Waals surface area contributed by atoms with E-state index in [4.69, 9.17) is 42.6 Å². The highest BCUT2D eigenvalue weighted by Crippen LogP contribution is 2.36. The molecule has 4 fully saturated rings. The predicted octanol–water partition coefficient (Wildman–Crippen LogP) is -2.92. The lowest BCUT2D eigenvalue weighted by Gasteiger charge is -2.51. The fraction of sp³-hybridized carbons (Fsp3) is 0.765. The Morgan fingerprint density at radius 1 is 0.610 bits per heavy atom. The maximum absolute atomic E-state index is 13.6. The molecule has 20 atom stereocenters. The lowest BCUT2D eigenvalue weighted by Crippen LogP contribution is -2.71. The number of allylic oxidation sites excluding steroid dienone is 2. The van der Waals surface area contributed by atoms with E-state index in [1.54, 1.807) is 24.3 Å². The Kier molecular flexibility index (Phi) is 25.8. The minimum absolute atomic E-state index is 0.182. The Hall–Kier alpha value is -4.04. The molecule has 438 valence electrons. The van der Waals surface area contributed by atoms with Gasteiger partial charge in [0.1, 0.15) is 103 Å². The van der Waals surface area contributed by atoms with Crippen LogP contribution < -0.4 is 20.7 Å². The van der Waals surface area contributed by atoms with Crippen LogP contribution in [0.15, 0.2) is 36.4 Å². The average Bonchev–Trinajstić information content (AvgIpc) is 3.40. The van der Waals surface area contributed by atoms with Crippen molar-refractivity contribution in [2.24, 2.45) is 0 Å². The van der Waals surface area contributed by atoms with Gasteiger partial charge in [-0.3, -0.25) is 19.2 Å². The monoisotopic (exact) mass is 1100 g/mol. The first-order chi connectivity index (χ1) is 36.8. The molecule has 4 aliphatic heterocycles. The van der Waals surface area contributed by atoms with Crippen LogP contribution in [0.5, 0.6) is 5.75 Å². The van der Waals surface area contributed by atoms with Gasteiger partial charge in [-0.05, 0) is 43.4 Å². The number of benzene rings is 1. The lowest BCUT2D eigenvalue weighted by molar-refractivity contribution is -0.364. The van der Waals surface area contributed by atoms with Crippen LogP contribution in [0.3, 0.4) is 0 Å². The van der Waals surface area contributed by atoms with Gasteiger partial charge in [0.2, 0.25) is 23.6 Å². The van der Waals surface area contributed by atoms with Gasteiger partial charge in [0.05, 0.1) is 33.0 Å². The van der Waals surface area contributed by atoms with Crippen molar-refractivity contribution in [2.45, 2.75) is 209 Å². The van der Waals surface area contributed by atoms with E-state index in [0.29, 0.717) is 17.9 Å². The van der Waals surface area contributed by atoms with Crippen molar-refractivity contribution in [1.29, 1.82) is 0 Å². The van der Waals surface area contributed by atoms with Crippen molar-refractivity contribution >= 4 is 23.6 Å². The zero-order valence-electron chi connectivity index (χ0n) is 44.5. The van der Waals surface area contributed by atoms with Crippen LogP contribution in [0.2, 0.25) is 0 Å². The Morgan fingerprint density at radius 2 is 1.12 bits per heavy atom. The molecule has 1 aromatic carbocycles. The molecular formula is C51H82N4O22. The summed E-state index contributed by atoms with van der Waals surface area (Å²) in [5.41, 5.74) is 0.550. The van der Waals surface area contributed by atoms with Crippen LogP contribution in [0.25, 0.3) is 0 Å². The molecule has 4 aliphatic rings. The van der Waals surface area contributed by atoms with Crippen LogP contribution in [0.1, 0.15) is 85.1 Å². The van der Waals surface area contributed by atoms with Crippen molar-refractivity contribution in [3.63, 3.8) is 0 Å². The highest BCUT2D eigenvalue weighted by atomic mass is 16.8. The molecule has 0 radical (unpaired) electrons. The van der Waals surface area contributed by atoms with Gasteiger partial charge >= 0.3 is 0 Å². The molecule has 26 heteroatoms. The number of methoxy groups -OCH3 is 1. The Morgan fingerprint density at radius 3 is 1.64 bits per heavy atom. The normalized spacial score (nSPS) is 35.5. The van der Waals surface area contributed by atoms with E-state index in [1.807, 2.05) is 0 Å². The van der Waals surface area contributed by atoms with E-state index in [2.05, 4.69) is 35.0 Å². The smallest absolute Gasteiger partial charge is 0.220 e. The number of unbranched alkanes of at least 4 members (excludes halogenated alkanes) is 5. The Balaban J connectivity index is 1.36. The van der Waals surface area contributed by atoms with E-state index in [-0.39, 0.29) is 13.2 Å². The summed E-state index contributed by atoms with van der Waals surface area (Å²) in [4.78, 5) is 52.2. The highest BCUT2D eigenvalue weighted by molar-refractivity contribution is 5.74. The Labute approximate surface area is 447 Å². The second kappa shape index (κ2) is 31.1. The zero-order chi connectivity index (χ0) is 56.5. The summed E-state index contributed by atoms with van der Waals surface area (Å²) in [6, 6.07) is 0.708. The third-order valence-corrected chi connectivity index (χ3v) is 13.8. The van der Waals surface area contributed by atoms with Crippen molar-refractivity contribution < 1.29 is 108 Å². The molecule has 0 saturated carbocycles. The largest absolute Gasteiger partial charge is 0.494 e. The molecule has 1 aromatic rings. The second-order valence-electron chi connectivity index (χ2n) is 19.7. The summed E-state index contributed by atoms with van der Waals surface area (Å²) >= 11 is 0. The number of carbonyl (C=O) groups is 4. The van der Waals surface area contributed by atoms with Gasteiger partial charge in [0.25, 0.3) is 0 Å². The van der Waals surface area contributed by atoms with Gasteiger partial charge in [-0.1, -0.05) is 50.5 Å². The summed E-state index contributed by atoms with van der Waals surface area (Å²) in [6.45, 7) is 4.03. The number of nitrogens with zero attached hydrogens (tertiary/aromatic N) is 1. The maximum Gasteiger partial charge on any atom is 0.220 e. The van der Waals surface area contributed by atoms with Crippen LogP contribution >= 0.6 is 0 Å². The van der Waals surface area contributed by atoms with Gasteiger partial charge in [0.15, 0.2) is 25.2 Å². The first-order valence-corrected chi connectivity index (χ1v) is 26.2. The first kappa shape index (κ1) is 63.8. The molecule has 4 saturated heterocycles. The molecule has 0 spiro atoms. The highest BCUT2D eigenvalue weighted by Gasteiger charge is 2.57. The summed E-state index contributed by atoms with van der Waals surface area (Å²) in [6.07, 6.45) is -15.1. The molecular weight excluding hydrogens is 1020 g/mol. The van der Waals surface area contributed by atoms with Crippen LogP contribution in [-0.4, -0.2) is 237 Å². The van der Waals surface area contributed by atoms with Gasteiger partial charge in [-0.15, -0.1) is 0 Å². The fourth-order valence-electron chi connectivity index (χ4n) is 9.92. The number of aliphatic hydroxyl groups excluding tert-OH is 9. The van der Waals surface area contributed by atoms with Crippen molar-refractivity contribution in [2.75, 3.05) is 40.1 Å². The quantitative estimate of drug-likeness (QED) is 0.0310. The van der Waals surface area contributed by atoms with Crippen molar-refractivity contribution in [3.8, 4) is 5.75 Å². The minimum Gasteiger partial charge on any atom is -0.494 e. The van der Waals surface area contributed by atoms with Crippen LogP contribution in [-0.2, 0) is 63.6 Å². The van der Waals surface area contributed by atoms with E-state index in [0.717, 1.165) is 46.5 Å². The summed E-state index contributed by atoms with van der Waals surface area (Å²) in [5.74, 6) is -2.20. The standard InChI is InChI=1S/C51H82N4O22/c1-7-8-9-10-11-12-13-14-15-19-70-31-18-16-17-30(20-31)21-55(29(5)62)39-44(67)40(63)32(22-56)72-51(39)77-46-34(24-58)74-49(38(43(46)66)54-28(4)61)75-45-33(23-57)73-50(37(42(45)65)53-27(3)60)76-47-35(25-69-6)71-48(68)36(41(47)64)52-26(2)59/h12-13,16-18,20,32-51,56-58,63-68H,7-11,14-15,19,21-25H2,1-6H3,(H,52,59)(H,53,60)(H,54,61)/b13-12-. The average molecular weight is 1100 g/mol. The Bertz CT molecular complexity index is 2030. The molecule has 4 heterocycles. The van der Waals surface area contributed by atoms with Gasteiger partial charge in [-0.25, -0.2) is 0 Å². The number of aliphatic hydroxyl groups is 9. The number of ether oxygens (including phenoxy) is 9. The molecule has 0 bridgehead atoms. The molecule has 77 heavy (non-hydrogen) atoms. The number of hydrogen-bond acceptors (Lipinski definition) is 22. The molecule has 20 unspecified atom stereocenters. The predicted molar refractivity (Wildman–Crippen MR) is 267 cm³/mol. The van der Waals surface area contributed by atoms with Crippen molar-refractivity contribution in [3.05, 3.63) is 42.0 Å². The number of amides is 4. The molecule has 5 rings (SSSR count). The van der Waals surface area contributed by atoms with Gasteiger partial charge in [-0.2, -0.15) is 0 Å². The summed E-state index contributed by atoms with van der Waals surface area (Å²) in [7, 11) is 1.30. The topological polar surface area (TPSA) is 373 Å². The molecule has 0 aromatic heterocycles. The van der Waals surface area contributed by atoms with Gasteiger partial charge in [0, 0.05) is 41.3 Å². The number of nitrogens with one attached hydrogen (secondary N) is 3. The third-order valence-electron chi connectivity index (χ3n) is 13.8. The lowest BCUT2D eigenvalue weighted by atomic mass is 9.92. The minimum atomic E-state index is -1.93. The summed E-state index contributed by atoms with van der Waals surface area (Å²) in [5, 5.41) is 108. The zero-order valence-corrected chi connectivity index (χ0v) is 44.5. The molecule has 12 N–H and O–H groups in total. The number of hydrogen-bond donors (Lipinski definition) is 12. The number of carbonyl (C=O) groups excluding carboxylic acids is 4. The van der Waals surface area contributed by atoms with E-state index in [9.17, 15) is 65.1 Å². The van der Waals surface area contributed by atoms with E-state index < -0.39 is 166 Å². The van der Waals surface area contributed by atoms with Crippen LogP contribution in [0, 0.1) is 0 Å². The number of rotatable bonds is 27. The van der Waals surface area contributed by atoms with Crippen molar-refractivity contribution in [1.82, 2.24) is 20.9 Å². The summed E-state index contributed by atoms with van der Waals surface area (Å²) < 4.78 is 53.7.